The molecule has 3 nitrogen and oxygen atoms in total. The molecule has 1 aliphatic heterocycles. The number of para-hydroxylation sites is 1. The Morgan fingerprint density at radius 3 is 2.59 bits per heavy atom. The fraction of sp³-hybridized carbons (Fsp3) is 0.462. The zero-order valence-electron chi connectivity index (χ0n) is 10.1. The molecule has 4 heteroatoms. The van der Waals surface area contributed by atoms with Crippen molar-refractivity contribution in [3.8, 4) is 0 Å². The minimum absolute atomic E-state index is 0.392. The van der Waals surface area contributed by atoms with Gasteiger partial charge in [0.05, 0.1) is 6.10 Å². The van der Waals surface area contributed by atoms with Crippen LogP contribution in [0, 0.1) is 0 Å². The van der Waals surface area contributed by atoms with Crippen molar-refractivity contribution in [2.45, 2.75) is 18.9 Å². The first-order valence-electron chi connectivity index (χ1n) is 5.89. The fourth-order valence-electron chi connectivity index (χ4n) is 2.29. The van der Waals surface area contributed by atoms with Gasteiger partial charge in [0.15, 0.2) is 0 Å². The van der Waals surface area contributed by atoms with E-state index >= 15 is 0 Å². The summed E-state index contributed by atoms with van der Waals surface area (Å²) in [5, 5.41) is 0. The monoisotopic (exact) mass is 250 g/mol. The van der Waals surface area contributed by atoms with Crippen LogP contribution in [0.1, 0.15) is 18.4 Å². The second kappa shape index (κ2) is 5.47. The normalized spacial score (nSPS) is 17.1. The first-order chi connectivity index (χ1) is 8.22. The third-order valence-electron chi connectivity index (χ3n) is 3.29. The summed E-state index contributed by atoms with van der Waals surface area (Å²) in [6.07, 6.45) is 2.51. The molecule has 2 N–H and O–H groups in total. The molecule has 0 bridgehead atoms. The lowest BCUT2D eigenvalue weighted by molar-refractivity contribution is 0.0819. The molecule has 0 unspecified atom stereocenters. The van der Waals surface area contributed by atoms with Crippen molar-refractivity contribution in [3.63, 3.8) is 0 Å². The zero-order valence-corrected chi connectivity index (χ0v) is 10.9. The number of methoxy groups -OCH3 is 1. The molecule has 1 heterocycles. The van der Waals surface area contributed by atoms with Crippen LogP contribution in [0.4, 0.5) is 5.69 Å². The fourth-order valence-corrected chi connectivity index (χ4v) is 2.46. The van der Waals surface area contributed by atoms with E-state index < -0.39 is 0 Å². The van der Waals surface area contributed by atoms with Crippen LogP contribution in [0.5, 0.6) is 0 Å². The summed E-state index contributed by atoms with van der Waals surface area (Å²) < 4.78 is 5.38. The standard InChI is InChI=1S/C13H18N2OS/c1-16-10-6-8-15(9-7-10)12-5-3-2-4-11(12)13(14)17/h2-5,10H,6-9H2,1H3,(H2,14,17). The van der Waals surface area contributed by atoms with Crippen LogP contribution in [-0.2, 0) is 4.74 Å². The van der Waals surface area contributed by atoms with E-state index in [9.17, 15) is 0 Å². The van der Waals surface area contributed by atoms with Gasteiger partial charge < -0.3 is 15.4 Å². The summed E-state index contributed by atoms with van der Waals surface area (Å²) in [6, 6.07) is 8.07. The first-order valence-corrected chi connectivity index (χ1v) is 6.29. The second-order valence-electron chi connectivity index (χ2n) is 4.30. The molecule has 0 atom stereocenters. The molecule has 0 amide bonds. The van der Waals surface area contributed by atoms with Crippen molar-refractivity contribution >= 4 is 22.9 Å². The highest BCUT2D eigenvalue weighted by molar-refractivity contribution is 7.80. The van der Waals surface area contributed by atoms with Crippen LogP contribution in [0.25, 0.3) is 0 Å². The van der Waals surface area contributed by atoms with Gasteiger partial charge in [-0.25, -0.2) is 0 Å². The Bertz CT molecular complexity index is 400. The van der Waals surface area contributed by atoms with Crippen molar-refractivity contribution in [1.29, 1.82) is 0 Å². The Kier molecular flexibility index (Phi) is 3.97. The molecule has 1 aromatic rings. The molecule has 17 heavy (non-hydrogen) atoms. The van der Waals surface area contributed by atoms with Gasteiger partial charge >= 0.3 is 0 Å². The highest BCUT2D eigenvalue weighted by Crippen LogP contribution is 2.24. The number of hydrogen-bond donors (Lipinski definition) is 1. The maximum atomic E-state index is 5.75. The molecule has 0 aliphatic carbocycles. The van der Waals surface area contributed by atoms with E-state index in [1.54, 1.807) is 7.11 Å². The lowest BCUT2D eigenvalue weighted by Gasteiger charge is -2.34. The molecule has 92 valence electrons. The van der Waals surface area contributed by atoms with E-state index in [4.69, 9.17) is 22.7 Å². The molecule has 0 aromatic heterocycles. The van der Waals surface area contributed by atoms with Gasteiger partial charge in [0.1, 0.15) is 4.99 Å². The smallest absolute Gasteiger partial charge is 0.106 e. The van der Waals surface area contributed by atoms with Crippen LogP contribution < -0.4 is 10.6 Å². The van der Waals surface area contributed by atoms with Gasteiger partial charge in [0, 0.05) is 31.5 Å². The van der Waals surface area contributed by atoms with Crippen LogP contribution in [0.15, 0.2) is 24.3 Å². The average Bonchev–Trinajstić information content (AvgIpc) is 2.39. The van der Waals surface area contributed by atoms with Gasteiger partial charge in [-0.15, -0.1) is 0 Å². The van der Waals surface area contributed by atoms with Crippen LogP contribution in [-0.4, -0.2) is 31.3 Å². The van der Waals surface area contributed by atoms with Gasteiger partial charge in [-0.1, -0.05) is 24.4 Å². The first kappa shape index (κ1) is 12.3. The molecule has 0 spiro atoms. The van der Waals surface area contributed by atoms with E-state index in [1.165, 1.54) is 0 Å². The third kappa shape index (κ3) is 2.76. The molecule has 2 rings (SSSR count). The van der Waals surface area contributed by atoms with Gasteiger partial charge in [-0.2, -0.15) is 0 Å². The van der Waals surface area contributed by atoms with Crippen molar-refractivity contribution in [1.82, 2.24) is 0 Å². The number of rotatable bonds is 3. The summed E-state index contributed by atoms with van der Waals surface area (Å²) >= 11 is 5.09. The number of nitrogens with zero attached hydrogens (tertiary/aromatic N) is 1. The third-order valence-corrected chi connectivity index (χ3v) is 3.51. The summed E-state index contributed by atoms with van der Waals surface area (Å²) in [4.78, 5) is 2.80. The molecule has 0 saturated carbocycles. The second-order valence-corrected chi connectivity index (χ2v) is 4.74. The number of thiocarbonyl (C=S) groups is 1. The minimum Gasteiger partial charge on any atom is -0.389 e. The lowest BCUT2D eigenvalue weighted by atomic mass is 10.0. The Balaban J connectivity index is 2.15. The summed E-state index contributed by atoms with van der Waals surface area (Å²) in [6.45, 7) is 2.00. The zero-order chi connectivity index (χ0) is 12.3. The predicted molar refractivity (Wildman–Crippen MR) is 74.6 cm³/mol. The SMILES string of the molecule is COC1CCN(c2ccccc2C(N)=S)CC1. The molecule has 1 saturated heterocycles. The summed E-state index contributed by atoms with van der Waals surface area (Å²) in [5.41, 5.74) is 7.87. The highest BCUT2D eigenvalue weighted by Gasteiger charge is 2.20. The Hall–Kier alpha value is -1.13. The Morgan fingerprint density at radius 2 is 2.00 bits per heavy atom. The van der Waals surface area contributed by atoms with Crippen molar-refractivity contribution in [2.24, 2.45) is 5.73 Å². The lowest BCUT2D eigenvalue weighted by Crippen LogP contribution is -2.37. The molecule has 1 fully saturated rings. The Morgan fingerprint density at radius 1 is 1.35 bits per heavy atom. The number of hydrogen-bond acceptors (Lipinski definition) is 3. The van der Waals surface area contributed by atoms with E-state index in [-0.39, 0.29) is 0 Å². The minimum atomic E-state index is 0.392. The molecule has 1 aliphatic rings. The van der Waals surface area contributed by atoms with Crippen LogP contribution in [0.2, 0.25) is 0 Å². The van der Waals surface area contributed by atoms with E-state index in [0.29, 0.717) is 11.1 Å². The van der Waals surface area contributed by atoms with Gasteiger partial charge in [0.25, 0.3) is 0 Å². The molecule has 0 radical (unpaired) electrons. The Labute approximate surface area is 108 Å². The van der Waals surface area contributed by atoms with Crippen molar-refractivity contribution in [2.75, 3.05) is 25.1 Å². The van der Waals surface area contributed by atoms with Crippen LogP contribution in [0.3, 0.4) is 0 Å². The predicted octanol–water partition coefficient (Wildman–Crippen LogP) is 1.94. The van der Waals surface area contributed by atoms with E-state index in [1.807, 2.05) is 18.2 Å². The largest absolute Gasteiger partial charge is 0.389 e. The quantitative estimate of drug-likeness (QED) is 0.832. The molecule has 1 aromatic carbocycles. The number of piperidine rings is 1. The number of anilines is 1. The maximum absolute atomic E-state index is 5.75. The van der Waals surface area contributed by atoms with Crippen LogP contribution >= 0.6 is 12.2 Å². The van der Waals surface area contributed by atoms with Gasteiger partial charge in [-0.3, -0.25) is 0 Å². The van der Waals surface area contributed by atoms with Gasteiger partial charge in [0.2, 0.25) is 0 Å². The maximum Gasteiger partial charge on any atom is 0.106 e. The van der Waals surface area contributed by atoms with Gasteiger partial charge in [-0.05, 0) is 25.0 Å². The molecular formula is C13H18N2OS. The van der Waals surface area contributed by atoms with Crippen molar-refractivity contribution < 1.29 is 4.74 Å². The molecular weight excluding hydrogens is 232 g/mol. The summed E-state index contributed by atoms with van der Waals surface area (Å²) in [5.74, 6) is 0. The number of ether oxygens (including phenoxy) is 1. The van der Waals surface area contributed by atoms with Crippen molar-refractivity contribution in [3.05, 3.63) is 29.8 Å². The summed E-state index contributed by atoms with van der Waals surface area (Å²) in [7, 11) is 1.78. The topological polar surface area (TPSA) is 38.5 Å². The number of nitrogens with two attached hydrogens (primary N) is 1. The number of benzene rings is 1. The average molecular weight is 250 g/mol. The van der Waals surface area contributed by atoms with E-state index in [0.717, 1.165) is 37.2 Å². The van der Waals surface area contributed by atoms with E-state index in [2.05, 4.69) is 11.0 Å². The highest BCUT2D eigenvalue weighted by atomic mass is 32.1.